The van der Waals surface area contributed by atoms with Gasteiger partial charge in [0, 0.05) is 6.42 Å². The zero-order chi connectivity index (χ0) is 26.4. The minimum Gasteiger partial charge on any atom is -0.489 e. The van der Waals surface area contributed by atoms with E-state index in [2.05, 4.69) is 40.7 Å². The maximum Gasteiger partial charge on any atom is 0.339 e. The van der Waals surface area contributed by atoms with E-state index in [1.165, 1.54) is 57.8 Å². The van der Waals surface area contributed by atoms with Crippen LogP contribution in [-0.4, -0.2) is 17.2 Å². The van der Waals surface area contributed by atoms with Gasteiger partial charge in [0.2, 0.25) is 0 Å². The Hall–Kier alpha value is -1.77. The number of carboxylic acid groups (broad SMARTS) is 1. The minimum absolute atomic E-state index is 0.0766. The molecule has 3 heteroatoms. The molecule has 1 N–H and O–H groups in total. The monoisotopic (exact) mass is 506 g/mol. The van der Waals surface area contributed by atoms with Gasteiger partial charge in [0.05, 0.1) is 0 Å². The summed E-state index contributed by atoms with van der Waals surface area (Å²) in [5.41, 5.74) is 2.69. The Balaban J connectivity index is 1.28. The molecule has 0 bridgehead atoms. The van der Waals surface area contributed by atoms with Gasteiger partial charge in [0.1, 0.15) is 17.4 Å². The molecule has 3 saturated carbocycles. The van der Waals surface area contributed by atoms with Crippen molar-refractivity contribution in [3.8, 4) is 5.75 Å². The van der Waals surface area contributed by atoms with Crippen LogP contribution in [0.4, 0.5) is 0 Å². The van der Waals surface area contributed by atoms with Crippen molar-refractivity contribution in [2.24, 2.45) is 46.3 Å². The molecule has 5 rings (SSSR count). The predicted octanol–water partition coefficient (Wildman–Crippen LogP) is 9.17. The molecular formula is C34H50O3. The topological polar surface area (TPSA) is 46.5 Å². The summed E-state index contributed by atoms with van der Waals surface area (Å²) in [6, 6.07) is 7.10. The molecule has 0 unspecified atom stereocenters. The highest BCUT2D eigenvalue weighted by atomic mass is 16.5. The Morgan fingerprint density at radius 3 is 2.57 bits per heavy atom. The third kappa shape index (κ3) is 4.89. The predicted molar refractivity (Wildman–Crippen MR) is 151 cm³/mol. The lowest BCUT2D eigenvalue weighted by atomic mass is 9.47. The number of ether oxygens (including phenoxy) is 1. The van der Waals surface area contributed by atoms with E-state index in [0.29, 0.717) is 11.2 Å². The van der Waals surface area contributed by atoms with E-state index in [1.807, 2.05) is 12.1 Å². The molecular weight excluding hydrogens is 456 g/mol. The Labute approximate surface area is 225 Å². The highest BCUT2D eigenvalue weighted by Crippen LogP contribution is 2.67. The number of carbonyl (C=O) groups is 1. The number of hydrogen-bond donors (Lipinski definition) is 1. The number of hydrogen-bond acceptors (Lipinski definition) is 2. The van der Waals surface area contributed by atoms with Crippen molar-refractivity contribution in [2.45, 2.75) is 111 Å². The number of benzene rings is 1. The fraction of sp³-hybridized carbons (Fsp3) is 0.735. The second-order valence-corrected chi connectivity index (χ2v) is 14.1. The van der Waals surface area contributed by atoms with Crippen LogP contribution in [0.5, 0.6) is 5.75 Å². The van der Waals surface area contributed by atoms with Crippen molar-refractivity contribution in [3.63, 3.8) is 0 Å². The summed E-state index contributed by atoms with van der Waals surface area (Å²) in [7, 11) is 0. The highest BCUT2D eigenvalue weighted by molar-refractivity contribution is 5.90. The highest BCUT2D eigenvalue weighted by Gasteiger charge is 2.59. The van der Waals surface area contributed by atoms with Gasteiger partial charge in [-0.1, -0.05) is 77.7 Å². The first-order valence-corrected chi connectivity index (χ1v) is 15.3. The molecule has 0 aromatic heterocycles. The molecule has 4 aliphatic carbocycles. The summed E-state index contributed by atoms with van der Waals surface area (Å²) < 4.78 is 6.33. The Morgan fingerprint density at radius 1 is 1.03 bits per heavy atom. The van der Waals surface area contributed by atoms with Crippen LogP contribution in [0, 0.1) is 46.3 Å². The van der Waals surface area contributed by atoms with Crippen LogP contribution >= 0.6 is 0 Å². The Kier molecular flexibility index (Phi) is 7.55. The fourth-order valence-corrected chi connectivity index (χ4v) is 9.68. The molecule has 0 amide bonds. The van der Waals surface area contributed by atoms with Gasteiger partial charge in [0.25, 0.3) is 0 Å². The number of carboxylic acids is 1. The number of aromatic carboxylic acids is 1. The van der Waals surface area contributed by atoms with Gasteiger partial charge in [-0.2, -0.15) is 0 Å². The van der Waals surface area contributed by atoms with E-state index in [1.54, 1.807) is 17.7 Å². The zero-order valence-corrected chi connectivity index (χ0v) is 24.0. The number of allylic oxidation sites excluding steroid dienone is 1. The average molecular weight is 507 g/mol. The summed E-state index contributed by atoms with van der Waals surface area (Å²) in [5.74, 6) is 4.72. The average Bonchev–Trinajstić information content (AvgIpc) is 3.21. The molecule has 0 radical (unpaired) electrons. The van der Waals surface area contributed by atoms with Gasteiger partial charge in [0.15, 0.2) is 0 Å². The first-order valence-electron chi connectivity index (χ1n) is 15.3. The number of para-hydroxylation sites is 1. The number of fused-ring (bicyclic) bond motifs is 5. The Bertz CT molecular complexity index is 1010. The van der Waals surface area contributed by atoms with Crippen LogP contribution in [-0.2, 0) is 0 Å². The van der Waals surface area contributed by atoms with Gasteiger partial charge >= 0.3 is 5.97 Å². The van der Waals surface area contributed by atoms with Gasteiger partial charge in [-0.05, 0) is 103 Å². The van der Waals surface area contributed by atoms with Crippen LogP contribution in [0.3, 0.4) is 0 Å². The molecule has 3 nitrogen and oxygen atoms in total. The maximum atomic E-state index is 11.7. The zero-order valence-electron chi connectivity index (χ0n) is 24.0. The van der Waals surface area contributed by atoms with Crippen LogP contribution in [0.2, 0.25) is 0 Å². The normalized spacial score (nSPS) is 37.8. The second-order valence-electron chi connectivity index (χ2n) is 14.1. The minimum atomic E-state index is -0.912. The van der Waals surface area contributed by atoms with Crippen molar-refractivity contribution >= 4 is 5.97 Å². The van der Waals surface area contributed by atoms with E-state index >= 15 is 0 Å². The van der Waals surface area contributed by atoms with E-state index in [0.717, 1.165) is 48.3 Å². The summed E-state index contributed by atoms with van der Waals surface area (Å²) in [6.07, 6.45) is 16.9. The largest absolute Gasteiger partial charge is 0.489 e. The van der Waals surface area contributed by atoms with Crippen LogP contribution < -0.4 is 4.74 Å². The summed E-state index contributed by atoms with van der Waals surface area (Å²) in [6.45, 7) is 12.5. The molecule has 37 heavy (non-hydrogen) atoms. The van der Waals surface area contributed by atoms with E-state index in [-0.39, 0.29) is 17.1 Å². The lowest BCUT2D eigenvalue weighted by Gasteiger charge is -2.58. The van der Waals surface area contributed by atoms with Crippen molar-refractivity contribution in [3.05, 3.63) is 41.5 Å². The summed E-state index contributed by atoms with van der Waals surface area (Å²) in [5, 5.41) is 9.57. The first kappa shape index (κ1) is 26.8. The molecule has 0 saturated heterocycles. The van der Waals surface area contributed by atoms with Crippen molar-refractivity contribution in [1.29, 1.82) is 0 Å². The summed E-state index contributed by atoms with van der Waals surface area (Å²) in [4.78, 5) is 11.7. The summed E-state index contributed by atoms with van der Waals surface area (Å²) >= 11 is 0. The van der Waals surface area contributed by atoms with E-state index in [9.17, 15) is 9.90 Å². The third-order valence-corrected chi connectivity index (χ3v) is 11.7. The van der Waals surface area contributed by atoms with Gasteiger partial charge in [-0.3, -0.25) is 0 Å². The van der Waals surface area contributed by atoms with Crippen molar-refractivity contribution in [1.82, 2.24) is 0 Å². The molecule has 4 aliphatic rings. The molecule has 8 atom stereocenters. The molecule has 0 heterocycles. The maximum absolute atomic E-state index is 11.7. The fourth-order valence-electron chi connectivity index (χ4n) is 9.68. The molecule has 1 aromatic rings. The van der Waals surface area contributed by atoms with Crippen LogP contribution in [0.25, 0.3) is 0 Å². The van der Waals surface area contributed by atoms with Gasteiger partial charge < -0.3 is 9.84 Å². The quantitative estimate of drug-likeness (QED) is 0.357. The number of rotatable bonds is 8. The molecule has 3 fully saturated rings. The SMILES string of the molecule is CC(C)CCC[C@@H](C)[C@H]1CC[C@H]2[C@@H]3CC=C4C[C@@H](Oc5ccccc5C(=O)O)CC[C@]4(C)[C@H]3CC[C@]12C. The Morgan fingerprint density at radius 2 is 1.81 bits per heavy atom. The second kappa shape index (κ2) is 10.4. The first-order chi connectivity index (χ1) is 17.6. The van der Waals surface area contributed by atoms with Crippen molar-refractivity contribution in [2.75, 3.05) is 0 Å². The molecule has 204 valence electrons. The van der Waals surface area contributed by atoms with Crippen molar-refractivity contribution < 1.29 is 14.6 Å². The molecule has 0 spiro atoms. The van der Waals surface area contributed by atoms with Crippen LogP contribution in [0.15, 0.2) is 35.9 Å². The van der Waals surface area contributed by atoms with Crippen LogP contribution in [0.1, 0.15) is 116 Å². The van der Waals surface area contributed by atoms with Gasteiger partial charge in [-0.15, -0.1) is 0 Å². The lowest BCUT2D eigenvalue weighted by molar-refractivity contribution is -0.0559. The third-order valence-electron chi connectivity index (χ3n) is 11.7. The van der Waals surface area contributed by atoms with E-state index in [4.69, 9.17) is 4.74 Å². The van der Waals surface area contributed by atoms with E-state index < -0.39 is 5.97 Å². The van der Waals surface area contributed by atoms with Gasteiger partial charge in [-0.25, -0.2) is 4.79 Å². The molecule has 0 aliphatic heterocycles. The standard InChI is InChI=1S/C34H50O3/c1-22(2)9-8-10-23(3)28-15-16-29-26-14-13-24-21-25(37-31-12-7-6-11-27(31)32(35)36)17-19-33(24,4)30(26)18-20-34(28,29)5/h6-7,11-13,22-23,25-26,28-30H,8-10,14-21H2,1-5H3,(H,35,36)/t23-,25+,26+,28-,29+,30+,33+,34-/m1/s1. The molecule has 1 aromatic carbocycles. The smallest absolute Gasteiger partial charge is 0.339 e. The lowest BCUT2D eigenvalue weighted by Crippen LogP contribution is -2.51.